The lowest BCUT2D eigenvalue weighted by Gasteiger charge is -2.26. The molecule has 96 valence electrons. The van der Waals surface area contributed by atoms with E-state index in [9.17, 15) is 0 Å². The predicted octanol–water partition coefficient (Wildman–Crippen LogP) is 1.41. The average molecular weight is 272 g/mol. The molecule has 0 spiro atoms. The summed E-state index contributed by atoms with van der Waals surface area (Å²) in [7, 11) is 0. The Morgan fingerprint density at radius 2 is 2.47 bits per heavy atom. The number of nitrogens with two attached hydrogens (primary N) is 1. The maximum absolute atomic E-state index is 6.29. The largest absolute Gasteiger partial charge is 0.326 e. The summed E-state index contributed by atoms with van der Waals surface area (Å²) in [6.07, 6.45) is 3.57. The molecule has 1 aliphatic heterocycles. The van der Waals surface area contributed by atoms with Gasteiger partial charge in [-0.1, -0.05) is 6.92 Å². The number of hydrogen-bond acceptors (Lipinski definition) is 5. The second-order valence-corrected chi connectivity index (χ2v) is 6.75. The van der Waals surface area contributed by atoms with Gasteiger partial charge in [-0.15, -0.1) is 0 Å². The van der Waals surface area contributed by atoms with E-state index >= 15 is 0 Å². The monoisotopic (exact) mass is 272 g/mol. The lowest BCUT2D eigenvalue weighted by Crippen LogP contribution is -2.38. The van der Waals surface area contributed by atoms with Gasteiger partial charge in [0, 0.05) is 41.5 Å². The Kier molecular flexibility index (Phi) is 5.18. The summed E-state index contributed by atoms with van der Waals surface area (Å²) in [6, 6.07) is 0.201. The number of hydrogen-bond donors (Lipinski definition) is 1. The molecule has 2 N–H and O–H groups in total. The van der Waals surface area contributed by atoms with Crippen molar-refractivity contribution < 1.29 is 0 Å². The van der Waals surface area contributed by atoms with E-state index in [1.54, 1.807) is 6.33 Å². The highest BCUT2D eigenvalue weighted by Gasteiger charge is 2.23. The van der Waals surface area contributed by atoms with Crippen LogP contribution in [0, 0.1) is 0 Å². The van der Waals surface area contributed by atoms with Gasteiger partial charge in [-0.2, -0.15) is 28.6 Å². The third kappa shape index (κ3) is 3.63. The van der Waals surface area contributed by atoms with E-state index in [4.69, 9.17) is 5.73 Å². The van der Waals surface area contributed by atoms with E-state index in [0.717, 1.165) is 25.2 Å². The molecule has 4 nitrogen and oxygen atoms in total. The first-order chi connectivity index (χ1) is 8.31. The summed E-state index contributed by atoms with van der Waals surface area (Å²) < 4.78 is 1.99. The SMILES string of the molecule is CCCn1ncnc1CC(N)C1CSCCS1. The van der Waals surface area contributed by atoms with Crippen molar-refractivity contribution in [2.75, 3.05) is 17.3 Å². The number of rotatable bonds is 5. The first-order valence-corrected chi connectivity index (χ1v) is 8.33. The van der Waals surface area contributed by atoms with Crippen LogP contribution in [-0.4, -0.2) is 43.3 Å². The normalized spacial score (nSPS) is 22.6. The van der Waals surface area contributed by atoms with Gasteiger partial charge in [-0.3, -0.25) is 4.68 Å². The number of nitrogens with zero attached hydrogens (tertiary/aromatic N) is 3. The number of thioether (sulfide) groups is 2. The molecule has 2 atom stereocenters. The van der Waals surface area contributed by atoms with Crippen molar-refractivity contribution in [3.05, 3.63) is 12.2 Å². The highest BCUT2D eigenvalue weighted by Crippen LogP contribution is 2.26. The Balaban J connectivity index is 1.92. The molecule has 0 aromatic carbocycles. The quantitative estimate of drug-likeness (QED) is 0.878. The highest BCUT2D eigenvalue weighted by molar-refractivity contribution is 8.06. The summed E-state index contributed by atoms with van der Waals surface area (Å²) in [4.78, 5) is 4.33. The molecule has 2 heterocycles. The zero-order valence-corrected chi connectivity index (χ0v) is 11.8. The van der Waals surface area contributed by atoms with Gasteiger partial charge in [-0.05, 0) is 6.42 Å². The summed E-state index contributed by atoms with van der Waals surface area (Å²) in [5.74, 6) is 4.70. The summed E-state index contributed by atoms with van der Waals surface area (Å²) in [5, 5.41) is 4.81. The lowest BCUT2D eigenvalue weighted by atomic mass is 10.1. The van der Waals surface area contributed by atoms with Gasteiger partial charge in [-0.25, -0.2) is 4.98 Å². The summed E-state index contributed by atoms with van der Waals surface area (Å²) in [6.45, 7) is 3.09. The van der Waals surface area contributed by atoms with E-state index in [2.05, 4.69) is 17.0 Å². The van der Waals surface area contributed by atoms with Crippen LogP contribution >= 0.6 is 23.5 Å². The Bertz CT molecular complexity index is 336. The standard InChI is InChI=1S/C11H20N4S2/c1-2-3-15-11(13-8-14-15)6-9(12)10-7-16-4-5-17-10/h8-10H,2-7,12H2,1H3. The molecule has 1 aromatic heterocycles. The van der Waals surface area contributed by atoms with E-state index < -0.39 is 0 Å². The zero-order chi connectivity index (χ0) is 12.1. The van der Waals surface area contributed by atoms with E-state index in [0.29, 0.717) is 5.25 Å². The molecule has 0 saturated carbocycles. The first-order valence-electron chi connectivity index (χ1n) is 6.13. The van der Waals surface area contributed by atoms with Crippen LogP contribution in [-0.2, 0) is 13.0 Å². The van der Waals surface area contributed by atoms with Crippen LogP contribution in [0.25, 0.3) is 0 Å². The van der Waals surface area contributed by atoms with Gasteiger partial charge in [0.15, 0.2) is 0 Å². The van der Waals surface area contributed by atoms with Crippen LogP contribution in [0.3, 0.4) is 0 Å². The zero-order valence-electron chi connectivity index (χ0n) is 10.2. The van der Waals surface area contributed by atoms with Crippen LogP contribution in [0.15, 0.2) is 6.33 Å². The topological polar surface area (TPSA) is 56.7 Å². The molecule has 0 amide bonds. The minimum absolute atomic E-state index is 0.201. The van der Waals surface area contributed by atoms with E-state index in [-0.39, 0.29) is 6.04 Å². The second-order valence-electron chi connectivity index (χ2n) is 4.25. The fourth-order valence-corrected chi connectivity index (χ4v) is 4.76. The molecular formula is C11H20N4S2. The Hall–Kier alpha value is -0.200. The molecule has 0 radical (unpaired) electrons. The van der Waals surface area contributed by atoms with Crippen LogP contribution in [0.1, 0.15) is 19.2 Å². The Morgan fingerprint density at radius 1 is 1.59 bits per heavy atom. The Morgan fingerprint density at radius 3 is 3.18 bits per heavy atom. The van der Waals surface area contributed by atoms with Crippen molar-refractivity contribution in [2.24, 2.45) is 5.73 Å². The molecular weight excluding hydrogens is 252 g/mol. The van der Waals surface area contributed by atoms with Gasteiger partial charge < -0.3 is 5.73 Å². The van der Waals surface area contributed by atoms with Crippen molar-refractivity contribution >= 4 is 23.5 Å². The van der Waals surface area contributed by atoms with Gasteiger partial charge in [0.2, 0.25) is 0 Å². The molecule has 0 bridgehead atoms. The first kappa shape index (κ1) is 13.2. The van der Waals surface area contributed by atoms with Gasteiger partial charge in [0.05, 0.1) is 0 Å². The van der Waals surface area contributed by atoms with Crippen LogP contribution < -0.4 is 5.73 Å². The Labute approximate surface area is 111 Å². The molecule has 1 aromatic rings. The fraction of sp³-hybridized carbons (Fsp3) is 0.818. The van der Waals surface area contributed by atoms with Gasteiger partial charge in [0.1, 0.15) is 12.2 Å². The van der Waals surface area contributed by atoms with Crippen molar-refractivity contribution in [3.63, 3.8) is 0 Å². The molecule has 17 heavy (non-hydrogen) atoms. The molecule has 1 fully saturated rings. The summed E-state index contributed by atoms with van der Waals surface area (Å²) >= 11 is 4.02. The van der Waals surface area contributed by atoms with Crippen molar-refractivity contribution in [1.82, 2.24) is 14.8 Å². The molecule has 1 aliphatic rings. The highest BCUT2D eigenvalue weighted by atomic mass is 32.2. The number of aryl methyl sites for hydroxylation is 1. The maximum atomic E-state index is 6.29. The summed E-state index contributed by atoms with van der Waals surface area (Å²) in [5.41, 5.74) is 6.29. The molecule has 1 saturated heterocycles. The maximum Gasteiger partial charge on any atom is 0.138 e. The predicted molar refractivity (Wildman–Crippen MR) is 75.6 cm³/mol. The van der Waals surface area contributed by atoms with Crippen LogP contribution in [0.5, 0.6) is 0 Å². The fourth-order valence-electron chi connectivity index (χ4n) is 1.94. The molecule has 2 rings (SSSR count). The smallest absolute Gasteiger partial charge is 0.138 e. The van der Waals surface area contributed by atoms with Crippen LogP contribution in [0.4, 0.5) is 0 Å². The molecule has 0 aliphatic carbocycles. The van der Waals surface area contributed by atoms with Crippen molar-refractivity contribution in [3.8, 4) is 0 Å². The second kappa shape index (κ2) is 6.66. The van der Waals surface area contributed by atoms with Gasteiger partial charge in [0.25, 0.3) is 0 Å². The van der Waals surface area contributed by atoms with E-state index in [1.165, 1.54) is 17.3 Å². The number of aromatic nitrogens is 3. The minimum Gasteiger partial charge on any atom is -0.326 e. The third-order valence-electron chi connectivity index (χ3n) is 2.87. The van der Waals surface area contributed by atoms with Crippen LogP contribution in [0.2, 0.25) is 0 Å². The lowest BCUT2D eigenvalue weighted by molar-refractivity contribution is 0.540. The third-order valence-corrected chi connectivity index (χ3v) is 5.81. The van der Waals surface area contributed by atoms with Crippen molar-refractivity contribution in [2.45, 2.75) is 37.6 Å². The van der Waals surface area contributed by atoms with E-state index in [1.807, 2.05) is 28.2 Å². The average Bonchev–Trinajstić information content (AvgIpc) is 2.78. The minimum atomic E-state index is 0.201. The van der Waals surface area contributed by atoms with Gasteiger partial charge >= 0.3 is 0 Å². The van der Waals surface area contributed by atoms with Crippen molar-refractivity contribution in [1.29, 1.82) is 0 Å². The molecule has 6 heteroatoms. The molecule has 2 unspecified atom stereocenters.